The van der Waals surface area contributed by atoms with E-state index in [-0.39, 0.29) is 5.92 Å². The van der Waals surface area contributed by atoms with Crippen molar-refractivity contribution in [3.05, 3.63) is 47.6 Å². The molecule has 2 aromatic heterocycles. The molecule has 0 radical (unpaired) electrons. The van der Waals surface area contributed by atoms with E-state index in [1.54, 1.807) is 6.20 Å². The van der Waals surface area contributed by atoms with Gasteiger partial charge in [-0.3, -0.25) is 9.88 Å². The van der Waals surface area contributed by atoms with Crippen LogP contribution in [0.5, 0.6) is 0 Å². The van der Waals surface area contributed by atoms with Crippen LogP contribution in [0.1, 0.15) is 36.1 Å². The maximum atomic E-state index is 10.4. The minimum absolute atomic E-state index is 0.285. The van der Waals surface area contributed by atoms with Gasteiger partial charge in [-0.15, -0.1) is 0 Å². The molecule has 0 saturated carbocycles. The number of aliphatic hydroxyl groups excluding tert-OH is 1. The lowest BCUT2D eigenvalue weighted by Crippen LogP contribution is -2.35. The van der Waals surface area contributed by atoms with E-state index in [1.165, 1.54) is 0 Å². The van der Waals surface area contributed by atoms with Crippen molar-refractivity contribution in [2.24, 2.45) is 5.92 Å². The van der Waals surface area contributed by atoms with Gasteiger partial charge in [0, 0.05) is 12.3 Å². The number of rotatable bonds is 4. The van der Waals surface area contributed by atoms with E-state index < -0.39 is 6.10 Å². The second kappa shape index (κ2) is 6.37. The summed E-state index contributed by atoms with van der Waals surface area (Å²) in [4.78, 5) is 6.61. The minimum atomic E-state index is -0.458. The van der Waals surface area contributed by atoms with Gasteiger partial charge in [0.05, 0.1) is 24.0 Å². The summed E-state index contributed by atoms with van der Waals surface area (Å²) in [5.74, 6) is 1.20. The summed E-state index contributed by atoms with van der Waals surface area (Å²) < 4.78 is 5.26. The number of likely N-dealkylation sites (tertiary alicyclic amines) is 1. The number of hydrogen-bond donors (Lipinski definition) is 1. The first-order valence-corrected chi connectivity index (χ1v) is 7.46. The summed E-state index contributed by atoms with van der Waals surface area (Å²) in [5, 5.41) is 14.3. The fraction of sp³-hybridized carbons (Fsp3) is 0.500. The summed E-state index contributed by atoms with van der Waals surface area (Å²) in [6, 6.07) is 7.67. The highest BCUT2D eigenvalue weighted by atomic mass is 16.5. The normalized spacial score (nSPS) is 18.8. The van der Waals surface area contributed by atoms with E-state index in [2.05, 4.69) is 15.0 Å². The number of aromatic nitrogens is 2. The van der Waals surface area contributed by atoms with Crippen molar-refractivity contribution < 1.29 is 9.63 Å². The summed E-state index contributed by atoms with van der Waals surface area (Å²) >= 11 is 0. The summed E-state index contributed by atoms with van der Waals surface area (Å²) in [6.07, 6.45) is 3.23. The molecule has 2 aromatic rings. The van der Waals surface area contributed by atoms with Crippen molar-refractivity contribution in [3.8, 4) is 0 Å². The largest absolute Gasteiger partial charge is 0.387 e. The fourth-order valence-electron chi connectivity index (χ4n) is 2.93. The molecule has 0 aliphatic carbocycles. The zero-order valence-corrected chi connectivity index (χ0v) is 12.3. The molecule has 0 bridgehead atoms. The first-order valence-electron chi connectivity index (χ1n) is 7.46. The Hall–Kier alpha value is -1.72. The van der Waals surface area contributed by atoms with E-state index in [0.29, 0.717) is 0 Å². The monoisotopic (exact) mass is 287 g/mol. The lowest BCUT2D eigenvalue weighted by molar-refractivity contribution is 0.0516. The summed E-state index contributed by atoms with van der Waals surface area (Å²) in [7, 11) is 0. The molecule has 1 N–H and O–H groups in total. The molecule has 21 heavy (non-hydrogen) atoms. The first-order chi connectivity index (χ1) is 10.2. The maximum absolute atomic E-state index is 10.4. The van der Waals surface area contributed by atoms with Crippen molar-refractivity contribution in [1.82, 2.24) is 15.0 Å². The Labute approximate surface area is 124 Å². The second-order valence-electron chi connectivity index (χ2n) is 5.75. The molecule has 1 atom stereocenters. The lowest BCUT2D eigenvalue weighted by Gasteiger charge is -2.33. The molecule has 0 amide bonds. The highest BCUT2D eigenvalue weighted by molar-refractivity contribution is 5.08. The maximum Gasteiger partial charge on any atom is 0.150 e. The van der Waals surface area contributed by atoms with Gasteiger partial charge in [0.1, 0.15) is 0 Å². The van der Waals surface area contributed by atoms with Crippen LogP contribution in [-0.4, -0.2) is 33.2 Å². The minimum Gasteiger partial charge on any atom is -0.387 e. The molecule has 3 heterocycles. The van der Waals surface area contributed by atoms with Crippen LogP contribution >= 0.6 is 0 Å². The SMILES string of the molecule is Cc1cc(CN2CCC([C@@H](O)c3ccccn3)CC2)on1. The second-order valence-corrected chi connectivity index (χ2v) is 5.75. The van der Waals surface area contributed by atoms with E-state index >= 15 is 0 Å². The van der Waals surface area contributed by atoms with Crippen molar-refractivity contribution >= 4 is 0 Å². The topological polar surface area (TPSA) is 62.4 Å². The van der Waals surface area contributed by atoms with Gasteiger partial charge in [0.25, 0.3) is 0 Å². The van der Waals surface area contributed by atoms with Gasteiger partial charge in [0.15, 0.2) is 5.76 Å². The molecule has 5 heteroatoms. The van der Waals surface area contributed by atoms with Gasteiger partial charge in [-0.05, 0) is 50.9 Å². The number of piperidine rings is 1. The van der Waals surface area contributed by atoms with Crippen LogP contribution in [0.4, 0.5) is 0 Å². The van der Waals surface area contributed by atoms with Crippen molar-refractivity contribution in [2.75, 3.05) is 13.1 Å². The van der Waals surface area contributed by atoms with Gasteiger partial charge in [-0.1, -0.05) is 11.2 Å². The number of aliphatic hydroxyl groups is 1. The average molecular weight is 287 g/mol. The van der Waals surface area contributed by atoms with Crippen molar-refractivity contribution in [2.45, 2.75) is 32.4 Å². The Kier molecular flexibility index (Phi) is 4.31. The number of aryl methyl sites for hydroxylation is 1. The van der Waals surface area contributed by atoms with E-state index in [1.807, 2.05) is 31.2 Å². The quantitative estimate of drug-likeness (QED) is 0.935. The molecule has 0 spiro atoms. The van der Waals surface area contributed by atoms with Gasteiger partial charge in [-0.25, -0.2) is 0 Å². The van der Waals surface area contributed by atoms with Crippen molar-refractivity contribution in [3.63, 3.8) is 0 Å². The van der Waals surface area contributed by atoms with Crippen LogP contribution in [-0.2, 0) is 6.54 Å². The molecule has 0 aromatic carbocycles. The average Bonchev–Trinajstić information content (AvgIpc) is 2.93. The van der Waals surface area contributed by atoms with E-state index in [4.69, 9.17) is 4.52 Å². The first kappa shape index (κ1) is 14.2. The van der Waals surface area contributed by atoms with Crippen LogP contribution in [0.25, 0.3) is 0 Å². The molecule has 1 aliphatic heterocycles. The van der Waals surface area contributed by atoms with Crippen LogP contribution in [0.3, 0.4) is 0 Å². The van der Waals surface area contributed by atoms with Crippen LogP contribution in [0, 0.1) is 12.8 Å². The van der Waals surface area contributed by atoms with E-state index in [0.717, 1.165) is 49.6 Å². The number of hydrogen-bond acceptors (Lipinski definition) is 5. The molecule has 0 unspecified atom stereocenters. The van der Waals surface area contributed by atoms with Crippen LogP contribution in [0.15, 0.2) is 35.0 Å². The molecule has 112 valence electrons. The molecule has 1 aliphatic rings. The lowest BCUT2D eigenvalue weighted by atomic mass is 9.89. The fourth-order valence-corrected chi connectivity index (χ4v) is 2.93. The number of nitrogens with zero attached hydrogens (tertiary/aromatic N) is 3. The van der Waals surface area contributed by atoms with Gasteiger partial charge < -0.3 is 9.63 Å². The Morgan fingerprint density at radius 2 is 2.19 bits per heavy atom. The zero-order chi connectivity index (χ0) is 14.7. The summed E-state index contributed by atoms with van der Waals surface area (Å²) in [5.41, 5.74) is 1.70. The smallest absolute Gasteiger partial charge is 0.150 e. The Morgan fingerprint density at radius 1 is 1.38 bits per heavy atom. The highest BCUT2D eigenvalue weighted by Crippen LogP contribution is 2.30. The predicted octanol–water partition coefficient (Wildman–Crippen LogP) is 2.32. The molecule has 5 nitrogen and oxygen atoms in total. The third-order valence-electron chi connectivity index (χ3n) is 4.13. The molecule has 1 fully saturated rings. The molecule has 1 saturated heterocycles. The molecular formula is C16H21N3O2. The van der Waals surface area contributed by atoms with Crippen LogP contribution in [0.2, 0.25) is 0 Å². The standard InChI is InChI=1S/C16H21N3O2/c1-12-10-14(21-18-12)11-19-8-5-13(6-9-19)16(20)15-4-2-3-7-17-15/h2-4,7,10,13,16,20H,5-6,8-9,11H2,1H3/t16-/m1/s1. The zero-order valence-electron chi connectivity index (χ0n) is 12.3. The highest BCUT2D eigenvalue weighted by Gasteiger charge is 2.27. The molecule has 3 rings (SSSR count). The van der Waals surface area contributed by atoms with Gasteiger partial charge in [-0.2, -0.15) is 0 Å². The summed E-state index contributed by atoms with van der Waals surface area (Å²) in [6.45, 7) is 4.66. The predicted molar refractivity (Wildman–Crippen MR) is 78.4 cm³/mol. The number of pyridine rings is 1. The van der Waals surface area contributed by atoms with Gasteiger partial charge >= 0.3 is 0 Å². The Morgan fingerprint density at radius 3 is 2.81 bits per heavy atom. The Balaban J connectivity index is 1.53. The Bertz CT molecular complexity index is 562. The van der Waals surface area contributed by atoms with Crippen LogP contribution < -0.4 is 0 Å². The third-order valence-corrected chi connectivity index (χ3v) is 4.13. The van der Waals surface area contributed by atoms with Crippen molar-refractivity contribution in [1.29, 1.82) is 0 Å². The van der Waals surface area contributed by atoms with Gasteiger partial charge in [0.2, 0.25) is 0 Å². The third kappa shape index (κ3) is 3.49. The molecular weight excluding hydrogens is 266 g/mol. The van der Waals surface area contributed by atoms with E-state index in [9.17, 15) is 5.11 Å².